The van der Waals surface area contributed by atoms with E-state index in [1.54, 1.807) is 18.2 Å². The predicted molar refractivity (Wildman–Crippen MR) is 60.8 cm³/mol. The molecule has 16 heavy (non-hydrogen) atoms. The van der Waals surface area contributed by atoms with Crippen LogP contribution < -0.4 is 10.5 Å². The summed E-state index contributed by atoms with van der Waals surface area (Å²) in [6.07, 6.45) is 0.876. The van der Waals surface area contributed by atoms with Gasteiger partial charge in [0.1, 0.15) is 5.75 Å². The van der Waals surface area contributed by atoms with Crippen LogP contribution in [0.25, 0.3) is 6.08 Å². The summed E-state index contributed by atoms with van der Waals surface area (Å²) in [5, 5.41) is 0. The molecule has 0 atom stereocenters. The number of benzene rings is 1. The second kappa shape index (κ2) is 5.61. The molecule has 1 aromatic rings. The monoisotopic (exact) mass is 227 g/mol. The molecule has 0 aliphatic carbocycles. The van der Waals surface area contributed by atoms with Crippen molar-refractivity contribution in [3.05, 3.63) is 34.9 Å². The summed E-state index contributed by atoms with van der Waals surface area (Å²) < 4.78 is 30.5. The minimum atomic E-state index is -2.54. The van der Waals surface area contributed by atoms with Crippen LogP contribution in [0.1, 0.15) is 23.1 Å². The Morgan fingerprint density at radius 3 is 2.62 bits per heavy atom. The Balaban J connectivity index is 3.32. The lowest BCUT2D eigenvalue weighted by Gasteiger charge is -2.13. The van der Waals surface area contributed by atoms with Crippen molar-refractivity contribution in [2.24, 2.45) is 5.73 Å². The molecule has 0 radical (unpaired) electrons. The molecular weight excluding hydrogens is 212 g/mol. The molecule has 0 bridgehead atoms. The summed E-state index contributed by atoms with van der Waals surface area (Å²) in [4.78, 5) is 0. The van der Waals surface area contributed by atoms with Gasteiger partial charge in [-0.05, 0) is 18.6 Å². The number of methoxy groups -OCH3 is 1. The Morgan fingerprint density at radius 2 is 2.12 bits per heavy atom. The van der Waals surface area contributed by atoms with Gasteiger partial charge in [0.15, 0.2) is 0 Å². The molecule has 1 aromatic carbocycles. The van der Waals surface area contributed by atoms with E-state index in [-0.39, 0.29) is 11.3 Å². The number of rotatable bonds is 4. The summed E-state index contributed by atoms with van der Waals surface area (Å²) >= 11 is 0. The summed E-state index contributed by atoms with van der Waals surface area (Å²) in [7, 11) is 1.39. The predicted octanol–water partition coefficient (Wildman–Crippen LogP) is 2.91. The Labute approximate surface area is 93.7 Å². The van der Waals surface area contributed by atoms with E-state index in [1.165, 1.54) is 13.2 Å². The lowest BCUT2D eigenvalue weighted by Crippen LogP contribution is -1.98. The molecular formula is C12H15F2NO. The van der Waals surface area contributed by atoms with Gasteiger partial charge in [-0.3, -0.25) is 0 Å². The van der Waals surface area contributed by atoms with Crippen LogP contribution in [0.15, 0.2) is 18.2 Å². The van der Waals surface area contributed by atoms with Gasteiger partial charge in [0.05, 0.1) is 12.7 Å². The van der Waals surface area contributed by atoms with Crippen molar-refractivity contribution in [1.29, 1.82) is 0 Å². The van der Waals surface area contributed by atoms with Crippen LogP contribution in [-0.2, 0) is 0 Å². The third-order valence-electron chi connectivity index (χ3n) is 2.30. The molecule has 2 nitrogen and oxygen atoms in total. The summed E-state index contributed by atoms with van der Waals surface area (Å²) in [6.45, 7) is 2.20. The smallest absolute Gasteiger partial charge is 0.267 e. The van der Waals surface area contributed by atoms with Gasteiger partial charge >= 0.3 is 0 Å². The highest BCUT2D eigenvalue weighted by molar-refractivity contribution is 5.63. The lowest BCUT2D eigenvalue weighted by atomic mass is 10.0. The number of ether oxygens (including phenoxy) is 1. The molecule has 0 spiro atoms. The standard InChI is InChI=1S/C12H15F2NO/c1-8-5-6-10(12(13)14)11(16-2)9(8)4-3-7-15/h3-6,12H,7,15H2,1-2H3/b4-3+. The van der Waals surface area contributed by atoms with Gasteiger partial charge in [-0.1, -0.05) is 18.2 Å². The number of hydrogen-bond acceptors (Lipinski definition) is 2. The van der Waals surface area contributed by atoms with E-state index >= 15 is 0 Å². The highest BCUT2D eigenvalue weighted by atomic mass is 19.3. The van der Waals surface area contributed by atoms with Crippen LogP contribution in [0.2, 0.25) is 0 Å². The average Bonchev–Trinajstić information content (AvgIpc) is 2.26. The number of hydrogen-bond donors (Lipinski definition) is 1. The SMILES string of the molecule is COc1c(C(F)F)ccc(C)c1/C=C/CN. The second-order valence-corrected chi connectivity index (χ2v) is 3.36. The zero-order valence-corrected chi connectivity index (χ0v) is 9.34. The molecule has 0 aromatic heterocycles. The Morgan fingerprint density at radius 1 is 1.44 bits per heavy atom. The zero-order chi connectivity index (χ0) is 12.1. The second-order valence-electron chi connectivity index (χ2n) is 3.36. The van der Waals surface area contributed by atoms with Crippen molar-refractivity contribution in [2.45, 2.75) is 13.3 Å². The van der Waals surface area contributed by atoms with Crippen LogP contribution in [-0.4, -0.2) is 13.7 Å². The van der Waals surface area contributed by atoms with Crippen molar-refractivity contribution in [1.82, 2.24) is 0 Å². The largest absolute Gasteiger partial charge is 0.496 e. The fraction of sp³-hybridized carbons (Fsp3) is 0.333. The maximum Gasteiger partial charge on any atom is 0.267 e. The van der Waals surface area contributed by atoms with Crippen molar-refractivity contribution in [3.8, 4) is 5.75 Å². The maximum absolute atomic E-state index is 12.7. The first-order valence-corrected chi connectivity index (χ1v) is 4.94. The third kappa shape index (κ3) is 2.58. The molecule has 0 saturated heterocycles. The maximum atomic E-state index is 12.7. The van der Waals surface area contributed by atoms with Gasteiger partial charge < -0.3 is 10.5 Å². The Bertz CT molecular complexity index is 389. The fourth-order valence-electron chi connectivity index (χ4n) is 1.51. The van der Waals surface area contributed by atoms with Crippen molar-refractivity contribution in [2.75, 3.05) is 13.7 Å². The van der Waals surface area contributed by atoms with Crippen LogP contribution in [0.4, 0.5) is 8.78 Å². The lowest BCUT2D eigenvalue weighted by molar-refractivity contribution is 0.147. The van der Waals surface area contributed by atoms with Crippen LogP contribution >= 0.6 is 0 Å². The number of aryl methyl sites for hydroxylation is 1. The van der Waals surface area contributed by atoms with Crippen molar-refractivity contribution < 1.29 is 13.5 Å². The van der Waals surface area contributed by atoms with Gasteiger partial charge in [-0.2, -0.15) is 0 Å². The van der Waals surface area contributed by atoms with E-state index in [1.807, 2.05) is 6.92 Å². The van der Waals surface area contributed by atoms with E-state index in [2.05, 4.69) is 0 Å². The molecule has 1 rings (SSSR count). The molecule has 2 N–H and O–H groups in total. The molecule has 88 valence electrons. The van der Waals surface area contributed by atoms with Gasteiger partial charge in [0, 0.05) is 12.1 Å². The van der Waals surface area contributed by atoms with E-state index in [0.717, 1.165) is 5.56 Å². The van der Waals surface area contributed by atoms with Gasteiger partial charge in [0.25, 0.3) is 6.43 Å². The van der Waals surface area contributed by atoms with Crippen LogP contribution in [0, 0.1) is 6.92 Å². The van der Waals surface area contributed by atoms with Crippen molar-refractivity contribution >= 4 is 6.08 Å². The van der Waals surface area contributed by atoms with E-state index in [0.29, 0.717) is 12.1 Å². The highest BCUT2D eigenvalue weighted by Crippen LogP contribution is 2.34. The minimum Gasteiger partial charge on any atom is -0.496 e. The van der Waals surface area contributed by atoms with Crippen molar-refractivity contribution in [3.63, 3.8) is 0 Å². The first-order valence-electron chi connectivity index (χ1n) is 4.94. The minimum absolute atomic E-state index is 0.0928. The molecule has 4 heteroatoms. The van der Waals surface area contributed by atoms with E-state index in [9.17, 15) is 8.78 Å². The van der Waals surface area contributed by atoms with Crippen LogP contribution in [0.5, 0.6) is 5.75 Å². The summed E-state index contributed by atoms with van der Waals surface area (Å²) in [5.74, 6) is 0.222. The molecule has 0 unspecified atom stereocenters. The molecule has 0 aliphatic rings. The van der Waals surface area contributed by atoms with E-state index in [4.69, 9.17) is 10.5 Å². The molecule has 0 aliphatic heterocycles. The Kier molecular flexibility index (Phi) is 4.43. The van der Waals surface area contributed by atoms with E-state index < -0.39 is 6.43 Å². The molecule has 0 heterocycles. The first-order chi connectivity index (χ1) is 7.61. The first kappa shape index (κ1) is 12.6. The summed E-state index contributed by atoms with van der Waals surface area (Å²) in [6, 6.07) is 3.04. The number of nitrogens with two attached hydrogens (primary N) is 1. The van der Waals surface area contributed by atoms with Gasteiger partial charge in [0.2, 0.25) is 0 Å². The Hall–Kier alpha value is -1.42. The fourth-order valence-corrected chi connectivity index (χ4v) is 1.51. The zero-order valence-electron chi connectivity index (χ0n) is 9.34. The molecule has 0 fully saturated rings. The van der Waals surface area contributed by atoms with Gasteiger partial charge in [-0.25, -0.2) is 8.78 Å². The molecule has 0 amide bonds. The average molecular weight is 227 g/mol. The highest BCUT2D eigenvalue weighted by Gasteiger charge is 2.17. The topological polar surface area (TPSA) is 35.2 Å². The normalized spacial score (nSPS) is 11.4. The van der Waals surface area contributed by atoms with Crippen LogP contribution in [0.3, 0.4) is 0 Å². The quantitative estimate of drug-likeness (QED) is 0.858. The third-order valence-corrected chi connectivity index (χ3v) is 2.30. The van der Waals surface area contributed by atoms with Gasteiger partial charge in [-0.15, -0.1) is 0 Å². The molecule has 0 saturated carbocycles. The number of halogens is 2. The number of alkyl halides is 2. The summed E-state index contributed by atoms with van der Waals surface area (Å²) in [5.41, 5.74) is 6.79.